The Bertz CT molecular complexity index is 690. The second-order valence-corrected chi connectivity index (χ2v) is 6.37. The summed E-state index contributed by atoms with van der Waals surface area (Å²) in [4.78, 5) is 11.9. The average Bonchev–Trinajstić information content (AvgIpc) is 2.44. The fourth-order valence-corrected chi connectivity index (χ4v) is 2.86. The van der Waals surface area contributed by atoms with E-state index in [9.17, 15) is 4.79 Å². The third-order valence-corrected chi connectivity index (χ3v) is 4.01. The standard InChI is InChI=1S/C17H16BrClO3/c1-10-8-14(4-5-15(10)19)21-9-16(20)22-17-11(2)6-13(18)7-12(17)3/h4-8H,9H2,1-3H3. The van der Waals surface area contributed by atoms with E-state index >= 15 is 0 Å². The molecule has 0 radical (unpaired) electrons. The van der Waals surface area contributed by atoms with Crippen molar-refractivity contribution in [2.75, 3.05) is 6.61 Å². The van der Waals surface area contributed by atoms with Crippen LogP contribution in [-0.2, 0) is 4.79 Å². The highest BCUT2D eigenvalue weighted by molar-refractivity contribution is 9.10. The molecule has 0 amide bonds. The van der Waals surface area contributed by atoms with Crippen molar-refractivity contribution in [1.82, 2.24) is 0 Å². The van der Waals surface area contributed by atoms with E-state index in [2.05, 4.69) is 15.9 Å². The van der Waals surface area contributed by atoms with Gasteiger partial charge in [-0.05, 0) is 67.8 Å². The number of hydrogen-bond donors (Lipinski definition) is 0. The number of benzene rings is 2. The molecule has 22 heavy (non-hydrogen) atoms. The average molecular weight is 384 g/mol. The van der Waals surface area contributed by atoms with Gasteiger partial charge in [-0.2, -0.15) is 0 Å². The van der Waals surface area contributed by atoms with Gasteiger partial charge in [0.25, 0.3) is 0 Å². The van der Waals surface area contributed by atoms with E-state index in [1.54, 1.807) is 18.2 Å². The topological polar surface area (TPSA) is 35.5 Å². The maximum absolute atomic E-state index is 11.9. The Morgan fingerprint density at radius 2 is 1.73 bits per heavy atom. The molecule has 0 atom stereocenters. The normalized spacial score (nSPS) is 10.4. The molecule has 3 nitrogen and oxygen atoms in total. The molecule has 0 aromatic heterocycles. The molecule has 0 heterocycles. The maximum Gasteiger partial charge on any atom is 0.349 e. The quantitative estimate of drug-likeness (QED) is 0.550. The van der Waals surface area contributed by atoms with Gasteiger partial charge in [-0.25, -0.2) is 4.79 Å². The highest BCUT2D eigenvalue weighted by atomic mass is 79.9. The number of ether oxygens (including phenoxy) is 2. The molecule has 0 aliphatic carbocycles. The molecule has 0 aliphatic heterocycles. The zero-order valence-electron chi connectivity index (χ0n) is 12.6. The fourth-order valence-electron chi connectivity index (χ4n) is 2.05. The Labute approximate surface area is 143 Å². The van der Waals surface area contributed by atoms with Crippen LogP contribution in [0.4, 0.5) is 0 Å². The summed E-state index contributed by atoms with van der Waals surface area (Å²) in [5, 5.41) is 0.663. The van der Waals surface area contributed by atoms with Gasteiger partial charge < -0.3 is 9.47 Å². The van der Waals surface area contributed by atoms with Gasteiger partial charge in [0.15, 0.2) is 6.61 Å². The Morgan fingerprint density at radius 1 is 1.09 bits per heavy atom. The molecular weight excluding hydrogens is 368 g/mol. The molecule has 2 aromatic carbocycles. The van der Waals surface area contributed by atoms with Crippen LogP contribution in [0.3, 0.4) is 0 Å². The summed E-state index contributed by atoms with van der Waals surface area (Å²) in [6, 6.07) is 9.04. The highest BCUT2D eigenvalue weighted by Crippen LogP contribution is 2.27. The SMILES string of the molecule is Cc1cc(OCC(=O)Oc2c(C)cc(Br)cc2C)ccc1Cl. The molecule has 116 valence electrons. The minimum atomic E-state index is -0.443. The number of carbonyl (C=O) groups excluding carboxylic acids is 1. The van der Waals surface area contributed by atoms with Gasteiger partial charge in [0.1, 0.15) is 11.5 Å². The van der Waals surface area contributed by atoms with Crippen LogP contribution in [0.1, 0.15) is 16.7 Å². The van der Waals surface area contributed by atoms with Crippen LogP contribution in [-0.4, -0.2) is 12.6 Å². The van der Waals surface area contributed by atoms with Gasteiger partial charge in [0.05, 0.1) is 0 Å². The summed E-state index contributed by atoms with van der Waals surface area (Å²) in [5.41, 5.74) is 2.68. The summed E-state index contributed by atoms with van der Waals surface area (Å²) in [5.74, 6) is 0.716. The van der Waals surface area contributed by atoms with E-state index in [0.717, 1.165) is 21.2 Å². The van der Waals surface area contributed by atoms with Crippen molar-refractivity contribution in [2.45, 2.75) is 20.8 Å². The molecule has 0 spiro atoms. The van der Waals surface area contributed by atoms with Gasteiger partial charge in [-0.3, -0.25) is 0 Å². The van der Waals surface area contributed by atoms with Crippen LogP contribution < -0.4 is 9.47 Å². The summed E-state index contributed by atoms with van der Waals surface area (Å²) >= 11 is 9.36. The van der Waals surface area contributed by atoms with Crippen LogP contribution in [0.5, 0.6) is 11.5 Å². The molecule has 0 saturated heterocycles. The Balaban J connectivity index is 2.00. The monoisotopic (exact) mass is 382 g/mol. The highest BCUT2D eigenvalue weighted by Gasteiger charge is 2.12. The minimum Gasteiger partial charge on any atom is -0.482 e. The number of aryl methyl sites for hydroxylation is 3. The lowest BCUT2D eigenvalue weighted by molar-refractivity contribution is -0.136. The van der Waals surface area contributed by atoms with Gasteiger partial charge in [-0.1, -0.05) is 27.5 Å². The Morgan fingerprint density at radius 3 is 2.32 bits per heavy atom. The molecule has 0 aliphatic rings. The van der Waals surface area contributed by atoms with Gasteiger partial charge in [-0.15, -0.1) is 0 Å². The second-order valence-electron chi connectivity index (χ2n) is 5.04. The largest absolute Gasteiger partial charge is 0.482 e. The number of esters is 1. The molecule has 0 unspecified atom stereocenters. The lowest BCUT2D eigenvalue weighted by Gasteiger charge is -2.12. The molecular formula is C17H16BrClO3. The van der Waals surface area contributed by atoms with Crippen molar-refractivity contribution >= 4 is 33.5 Å². The lowest BCUT2D eigenvalue weighted by Crippen LogP contribution is -2.18. The molecule has 0 bridgehead atoms. The predicted octanol–water partition coefficient (Wildman–Crippen LogP) is 5.01. The van der Waals surface area contributed by atoms with E-state index in [4.69, 9.17) is 21.1 Å². The molecule has 0 saturated carbocycles. The second kappa shape index (κ2) is 7.16. The Kier molecular flexibility index (Phi) is 5.48. The van der Waals surface area contributed by atoms with E-state index < -0.39 is 5.97 Å². The van der Waals surface area contributed by atoms with Gasteiger partial charge >= 0.3 is 5.97 Å². The molecule has 0 N–H and O–H groups in total. The number of halogens is 2. The first kappa shape index (κ1) is 16.8. The zero-order valence-corrected chi connectivity index (χ0v) is 14.9. The van der Waals surface area contributed by atoms with Gasteiger partial charge in [0.2, 0.25) is 0 Å². The van der Waals surface area contributed by atoms with Crippen LogP contribution in [0.15, 0.2) is 34.8 Å². The van der Waals surface area contributed by atoms with Crippen molar-refractivity contribution < 1.29 is 14.3 Å². The van der Waals surface area contributed by atoms with E-state index in [1.807, 2.05) is 32.9 Å². The van der Waals surface area contributed by atoms with Crippen molar-refractivity contribution in [3.8, 4) is 11.5 Å². The first-order valence-electron chi connectivity index (χ1n) is 6.73. The van der Waals surface area contributed by atoms with Crippen molar-refractivity contribution in [3.63, 3.8) is 0 Å². The van der Waals surface area contributed by atoms with Crippen molar-refractivity contribution in [2.24, 2.45) is 0 Å². The maximum atomic E-state index is 11.9. The van der Waals surface area contributed by atoms with Crippen LogP contribution in [0.25, 0.3) is 0 Å². The first-order chi connectivity index (χ1) is 10.4. The first-order valence-corrected chi connectivity index (χ1v) is 7.90. The van der Waals surface area contributed by atoms with E-state index in [1.165, 1.54) is 0 Å². The lowest BCUT2D eigenvalue weighted by atomic mass is 10.1. The van der Waals surface area contributed by atoms with E-state index in [-0.39, 0.29) is 6.61 Å². The zero-order chi connectivity index (χ0) is 16.3. The number of rotatable bonds is 4. The van der Waals surface area contributed by atoms with Crippen LogP contribution in [0.2, 0.25) is 5.02 Å². The van der Waals surface area contributed by atoms with Crippen LogP contribution >= 0.6 is 27.5 Å². The van der Waals surface area contributed by atoms with E-state index in [0.29, 0.717) is 16.5 Å². The molecule has 0 fully saturated rings. The third-order valence-electron chi connectivity index (χ3n) is 3.13. The predicted molar refractivity (Wildman–Crippen MR) is 90.9 cm³/mol. The Hall–Kier alpha value is -1.52. The summed E-state index contributed by atoms with van der Waals surface area (Å²) < 4.78 is 11.8. The summed E-state index contributed by atoms with van der Waals surface area (Å²) in [6.07, 6.45) is 0. The van der Waals surface area contributed by atoms with Crippen molar-refractivity contribution in [1.29, 1.82) is 0 Å². The molecule has 5 heteroatoms. The number of hydrogen-bond acceptors (Lipinski definition) is 3. The molecule has 2 rings (SSSR count). The third kappa shape index (κ3) is 4.24. The fraction of sp³-hybridized carbons (Fsp3) is 0.235. The van der Waals surface area contributed by atoms with Crippen LogP contribution in [0, 0.1) is 20.8 Å². The van der Waals surface area contributed by atoms with Gasteiger partial charge in [0, 0.05) is 9.50 Å². The minimum absolute atomic E-state index is 0.157. The smallest absolute Gasteiger partial charge is 0.349 e. The van der Waals surface area contributed by atoms with Crippen molar-refractivity contribution in [3.05, 3.63) is 56.5 Å². The number of carbonyl (C=O) groups is 1. The molecule has 2 aromatic rings. The summed E-state index contributed by atoms with van der Waals surface area (Å²) in [6.45, 7) is 5.51. The summed E-state index contributed by atoms with van der Waals surface area (Å²) in [7, 11) is 0.